The topological polar surface area (TPSA) is 107 Å². The Kier molecular flexibility index (Phi) is 7.61. The van der Waals surface area contributed by atoms with Crippen LogP contribution >= 0.6 is 0 Å². The van der Waals surface area contributed by atoms with Crippen LogP contribution in [0.15, 0.2) is 21.5 Å². The number of ether oxygens (including phenoxy) is 2. The second kappa shape index (κ2) is 10.2. The molecule has 0 aliphatic carbocycles. The van der Waals surface area contributed by atoms with E-state index in [1.807, 2.05) is 6.07 Å². The number of furan rings is 1. The Morgan fingerprint density at radius 3 is 2.86 bits per heavy atom. The lowest BCUT2D eigenvalue weighted by Crippen LogP contribution is -2.27. The standard InChI is InChI=1S/C20H30N2O6/c1-2-3-4-5-8-26-9-6-7-15-10-14-12-22(20(25)21-19(14)27-15)18-11-16(24)17(13-23)28-18/h10,12,16-18,23-24H,2-9,11,13H2,1H3/t16-,17+,18+/m0/s1. The molecule has 1 aliphatic heterocycles. The van der Waals surface area contributed by atoms with Gasteiger partial charge in [0.05, 0.1) is 18.1 Å². The minimum atomic E-state index is -0.806. The number of fused-ring (bicyclic) bond motifs is 1. The number of nitrogens with zero attached hydrogens (tertiary/aromatic N) is 2. The van der Waals surface area contributed by atoms with Crippen molar-refractivity contribution in [3.63, 3.8) is 0 Å². The van der Waals surface area contributed by atoms with Gasteiger partial charge in [0.1, 0.15) is 18.1 Å². The first-order valence-corrected chi connectivity index (χ1v) is 10.2. The third-order valence-electron chi connectivity index (χ3n) is 5.04. The Morgan fingerprint density at radius 2 is 2.11 bits per heavy atom. The molecule has 28 heavy (non-hydrogen) atoms. The lowest BCUT2D eigenvalue weighted by molar-refractivity contribution is -0.0457. The number of rotatable bonds is 11. The number of aliphatic hydroxyl groups excluding tert-OH is 2. The van der Waals surface area contributed by atoms with E-state index in [0.29, 0.717) is 24.1 Å². The number of aryl methyl sites for hydroxylation is 1. The van der Waals surface area contributed by atoms with Crippen LogP contribution in [-0.4, -0.2) is 51.8 Å². The van der Waals surface area contributed by atoms with Crippen LogP contribution < -0.4 is 5.69 Å². The average molecular weight is 394 g/mol. The van der Waals surface area contributed by atoms with Gasteiger partial charge in [-0.05, 0) is 18.9 Å². The Labute approximate surface area is 164 Å². The smallest absolute Gasteiger partial charge is 0.353 e. The van der Waals surface area contributed by atoms with E-state index in [2.05, 4.69) is 11.9 Å². The molecule has 0 spiro atoms. The molecule has 0 saturated carbocycles. The highest BCUT2D eigenvalue weighted by Crippen LogP contribution is 2.28. The zero-order valence-corrected chi connectivity index (χ0v) is 16.4. The van der Waals surface area contributed by atoms with Crippen LogP contribution in [0.2, 0.25) is 0 Å². The maximum absolute atomic E-state index is 12.3. The molecule has 8 heteroatoms. The zero-order chi connectivity index (χ0) is 19.9. The van der Waals surface area contributed by atoms with Crippen molar-refractivity contribution >= 4 is 11.1 Å². The van der Waals surface area contributed by atoms with Gasteiger partial charge in [0, 0.05) is 32.3 Å². The van der Waals surface area contributed by atoms with Gasteiger partial charge in [-0.1, -0.05) is 26.2 Å². The molecule has 0 radical (unpaired) electrons. The molecule has 1 fully saturated rings. The first-order valence-electron chi connectivity index (χ1n) is 10.2. The van der Waals surface area contributed by atoms with Gasteiger partial charge in [-0.15, -0.1) is 0 Å². The minimum Gasteiger partial charge on any atom is -0.443 e. The van der Waals surface area contributed by atoms with Gasteiger partial charge in [-0.25, -0.2) is 4.79 Å². The van der Waals surface area contributed by atoms with Crippen LogP contribution in [0.25, 0.3) is 11.1 Å². The predicted molar refractivity (Wildman–Crippen MR) is 103 cm³/mol. The Bertz CT molecular complexity index is 802. The Morgan fingerprint density at radius 1 is 1.29 bits per heavy atom. The van der Waals surface area contributed by atoms with Crippen molar-refractivity contribution in [2.24, 2.45) is 0 Å². The van der Waals surface area contributed by atoms with Crippen molar-refractivity contribution in [1.29, 1.82) is 0 Å². The summed E-state index contributed by atoms with van der Waals surface area (Å²) in [6.45, 7) is 3.37. The quantitative estimate of drug-likeness (QED) is 0.562. The summed E-state index contributed by atoms with van der Waals surface area (Å²) in [7, 11) is 0. The van der Waals surface area contributed by atoms with Gasteiger partial charge in [-0.3, -0.25) is 4.57 Å². The van der Waals surface area contributed by atoms with Crippen molar-refractivity contribution in [1.82, 2.24) is 9.55 Å². The van der Waals surface area contributed by atoms with Crippen LogP contribution in [0.5, 0.6) is 0 Å². The first kappa shape index (κ1) is 21.0. The molecule has 8 nitrogen and oxygen atoms in total. The Balaban J connectivity index is 1.55. The fourth-order valence-electron chi connectivity index (χ4n) is 3.44. The summed E-state index contributed by atoms with van der Waals surface area (Å²) in [5, 5.41) is 19.8. The molecule has 0 bridgehead atoms. The van der Waals surface area contributed by atoms with Gasteiger partial charge in [0.25, 0.3) is 0 Å². The largest absolute Gasteiger partial charge is 0.443 e. The van der Waals surface area contributed by atoms with E-state index in [1.54, 1.807) is 6.20 Å². The lowest BCUT2D eigenvalue weighted by Gasteiger charge is -2.13. The van der Waals surface area contributed by atoms with Crippen molar-refractivity contribution in [3.05, 3.63) is 28.5 Å². The summed E-state index contributed by atoms with van der Waals surface area (Å²) < 4.78 is 18.2. The van der Waals surface area contributed by atoms with Crippen molar-refractivity contribution in [2.45, 2.75) is 70.3 Å². The molecular weight excluding hydrogens is 364 g/mol. The fraction of sp³-hybridized carbons (Fsp3) is 0.700. The molecule has 0 aromatic carbocycles. The van der Waals surface area contributed by atoms with E-state index >= 15 is 0 Å². The summed E-state index contributed by atoms with van der Waals surface area (Å²) in [5.41, 5.74) is -0.200. The molecule has 3 heterocycles. The first-order chi connectivity index (χ1) is 13.6. The monoisotopic (exact) mass is 394 g/mol. The van der Waals surface area contributed by atoms with E-state index in [0.717, 1.165) is 25.2 Å². The molecule has 1 saturated heterocycles. The molecule has 3 atom stereocenters. The fourth-order valence-corrected chi connectivity index (χ4v) is 3.44. The number of hydrogen-bond acceptors (Lipinski definition) is 7. The average Bonchev–Trinajstić information content (AvgIpc) is 3.25. The maximum Gasteiger partial charge on any atom is 0.353 e. The lowest BCUT2D eigenvalue weighted by atomic mass is 10.2. The SMILES string of the molecule is CCCCCCOCCCc1cc2cn([C@H]3C[C@H](O)[C@@H](CO)O3)c(=O)nc2o1. The van der Waals surface area contributed by atoms with E-state index in [4.69, 9.17) is 13.9 Å². The summed E-state index contributed by atoms with van der Waals surface area (Å²) in [5.74, 6) is 0.759. The molecule has 0 unspecified atom stereocenters. The minimum absolute atomic E-state index is 0.235. The van der Waals surface area contributed by atoms with Gasteiger partial charge < -0.3 is 24.1 Å². The van der Waals surface area contributed by atoms with Crippen molar-refractivity contribution in [3.8, 4) is 0 Å². The molecule has 156 valence electrons. The molecule has 2 aromatic heterocycles. The molecule has 2 N–H and O–H groups in total. The highest BCUT2D eigenvalue weighted by molar-refractivity contribution is 5.72. The molecule has 3 rings (SSSR count). The third kappa shape index (κ3) is 5.20. The second-order valence-electron chi connectivity index (χ2n) is 7.30. The van der Waals surface area contributed by atoms with E-state index in [9.17, 15) is 15.0 Å². The van der Waals surface area contributed by atoms with Gasteiger partial charge >= 0.3 is 5.69 Å². The molecule has 1 aliphatic rings. The summed E-state index contributed by atoms with van der Waals surface area (Å²) in [4.78, 5) is 16.3. The van der Waals surface area contributed by atoms with Crippen LogP contribution in [0.3, 0.4) is 0 Å². The normalized spacial score (nSPS) is 22.3. The van der Waals surface area contributed by atoms with E-state index in [-0.39, 0.29) is 13.0 Å². The van der Waals surface area contributed by atoms with Gasteiger partial charge in [0.2, 0.25) is 5.71 Å². The third-order valence-corrected chi connectivity index (χ3v) is 5.04. The van der Waals surface area contributed by atoms with Crippen molar-refractivity contribution in [2.75, 3.05) is 19.8 Å². The second-order valence-corrected chi connectivity index (χ2v) is 7.30. The van der Waals surface area contributed by atoms with Gasteiger partial charge in [-0.2, -0.15) is 4.98 Å². The number of hydrogen-bond donors (Lipinski definition) is 2. The van der Waals surface area contributed by atoms with E-state index < -0.39 is 24.1 Å². The Hall–Kier alpha value is -1.74. The summed E-state index contributed by atoms with van der Waals surface area (Å²) in [6, 6.07) is 1.87. The number of aromatic nitrogens is 2. The number of unbranched alkanes of at least 4 members (excludes halogenated alkanes) is 3. The number of aliphatic hydroxyl groups is 2. The molecule has 2 aromatic rings. The van der Waals surface area contributed by atoms with E-state index in [1.165, 1.54) is 23.8 Å². The predicted octanol–water partition coefficient (Wildman–Crippen LogP) is 2.16. The zero-order valence-electron chi connectivity index (χ0n) is 16.4. The van der Waals surface area contributed by atoms with Crippen LogP contribution in [0.4, 0.5) is 0 Å². The maximum atomic E-state index is 12.3. The highest BCUT2D eigenvalue weighted by atomic mass is 16.5. The van der Waals surface area contributed by atoms with Crippen LogP contribution in [-0.2, 0) is 15.9 Å². The summed E-state index contributed by atoms with van der Waals surface area (Å²) >= 11 is 0. The van der Waals surface area contributed by atoms with Crippen LogP contribution in [0, 0.1) is 0 Å². The van der Waals surface area contributed by atoms with Crippen LogP contribution in [0.1, 0.15) is 57.4 Å². The highest BCUT2D eigenvalue weighted by Gasteiger charge is 2.35. The molecule has 0 amide bonds. The van der Waals surface area contributed by atoms with Crippen molar-refractivity contribution < 1.29 is 24.1 Å². The summed E-state index contributed by atoms with van der Waals surface area (Å²) in [6.07, 6.45) is 6.08. The van der Waals surface area contributed by atoms with Gasteiger partial charge in [0.15, 0.2) is 0 Å². The molecular formula is C20H30N2O6.